The van der Waals surface area contributed by atoms with Gasteiger partial charge in [-0.3, -0.25) is 0 Å². The summed E-state index contributed by atoms with van der Waals surface area (Å²) in [5.74, 6) is -1.27. The first-order valence-electron chi connectivity index (χ1n) is 5.37. The van der Waals surface area contributed by atoms with Crippen molar-refractivity contribution in [1.29, 1.82) is 0 Å². The molecule has 1 aromatic rings. The van der Waals surface area contributed by atoms with E-state index in [2.05, 4.69) is 4.72 Å². The molecule has 5 nitrogen and oxygen atoms in total. The van der Waals surface area contributed by atoms with Crippen molar-refractivity contribution in [3.63, 3.8) is 0 Å². The van der Waals surface area contributed by atoms with Crippen molar-refractivity contribution in [2.45, 2.75) is 18.7 Å². The van der Waals surface area contributed by atoms with Gasteiger partial charge in [-0.15, -0.1) is 0 Å². The minimum absolute atomic E-state index is 0.111. The van der Waals surface area contributed by atoms with Gasteiger partial charge in [0.2, 0.25) is 10.0 Å². The van der Waals surface area contributed by atoms with Gasteiger partial charge in [0.25, 0.3) is 0 Å². The quantitative estimate of drug-likeness (QED) is 0.871. The molecule has 8 heteroatoms. The van der Waals surface area contributed by atoms with Crippen LogP contribution in [0.3, 0.4) is 0 Å². The number of hydrogen-bond donors (Lipinski definition) is 2. The topological polar surface area (TPSA) is 83.5 Å². The molecule has 106 valence electrons. The van der Waals surface area contributed by atoms with Crippen LogP contribution in [-0.2, 0) is 10.0 Å². The molecular formula is C11H13Cl2NO4S. The van der Waals surface area contributed by atoms with Crippen LogP contribution in [0, 0.1) is 5.92 Å². The Kier molecular flexibility index (Phi) is 5.20. The first-order chi connectivity index (χ1) is 8.66. The Balaban J connectivity index is 3.29. The Morgan fingerprint density at radius 3 is 2.42 bits per heavy atom. The highest BCUT2D eigenvalue weighted by Crippen LogP contribution is 2.30. The van der Waals surface area contributed by atoms with E-state index in [0.29, 0.717) is 0 Å². The summed E-state index contributed by atoms with van der Waals surface area (Å²) in [6.07, 6.45) is 0. The average Bonchev–Trinajstić information content (AvgIpc) is 2.25. The van der Waals surface area contributed by atoms with Gasteiger partial charge in [0.15, 0.2) is 0 Å². The minimum atomic E-state index is -3.86. The van der Waals surface area contributed by atoms with Crippen molar-refractivity contribution in [2.75, 3.05) is 6.54 Å². The summed E-state index contributed by atoms with van der Waals surface area (Å²) < 4.78 is 26.4. The van der Waals surface area contributed by atoms with E-state index in [1.807, 2.05) is 13.8 Å². The summed E-state index contributed by atoms with van der Waals surface area (Å²) in [5, 5.41) is 8.47. The van der Waals surface area contributed by atoms with Crippen molar-refractivity contribution in [3.8, 4) is 0 Å². The number of hydrogen-bond acceptors (Lipinski definition) is 3. The zero-order valence-electron chi connectivity index (χ0n) is 10.3. The number of aromatic carboxylic acids is 1. The fourth-order valence-electron chi connectivity index (χ4n) is 1.29. The van der Waals surface area contributed by atoms with Crippen molar-refractivity contribution in [1.82, 2.24) is 4.72 Å². The van der Waals surface area contributed by atoms with Crippen LogP contribution < -0.4 is 4.72 Å². The number of carboxylic acid groups (broad SMARTS) is 1. The van der Waals surface area contributed by atoms with Gasteiger partial charge < -0.3 is 5.11 Å². The molecule has 0 aromatic heterocycles. The third-order valence-electron chi connectivity index (χ3n) is 2.24. The van der Waals surface area contributed by atoms with Crippen LogP contribution >= 0.6 is 23.2 Å². The van der Waals surface area contributed by atoms with Gasteiger partial charge in [0.05, 0.1) is 15.6 Å². The molecule has 0 atom stereocenters. The Hall–Kier alpha value is -0.820. The van der Waals surface area contributed by atoms with Gasteiger partial charge in [-0.25, -0.2) is 17.9 Å². The van der Waals surface area contributed by atoms with Crippen molar-refractivity contribution in [2.24, 2.45) is 5.92 Å². The number of sulfonamides is 1. The molecule has 0 saturated carbocycles. The maximum absolute atomic E-state index is 12.0. The average molecular weight is 326 g/mol. The summed E-state index contributed by atoms with van der Waals surface area (Å²) in [7, 11) is -3.86. The number of carbonyl (C=O) groups is 1. The molecule has 0 spiro atoms. The lowest BCUT2D eigenvalue weighted by atomic mass is 10.2. The molecule has 0 radical (unpaired) electrons. The smallest absolute Gasteiger partial charge is 0.338 e. The second-order valence-electron chi connectivity index (χ2n) is 4.29. The van der Waals surface area contributed by atoms with Crippen LogP contribution in [-0.4, -0.2) is 26.0 Å². The Labute approximate surface area is 121 Å². The largest absolute Gasteiger partial charge is 0.478 e. The van der Waals surface area contributed by atoms with E-state index in [-0.39, 0.29) is 22.4 Å². The normalized spacial score (nSPS) is 11.8. The zero-order valence-corrected chi connectivity index (χ0v) is 12.6. The van der Waals surface area contributed by atoms with Crippen molar-refractivity contribution >= 4 is 39.2 Å². The fourth-order valence-corrected chi connectivity index (χ4v) is 3.42. The monoisotopic (exact) mass is 325 g/mol. The third kappa shape index (κ3) is 3.82. The van der Waals surface area contributed by atoms with Crippen molar-refractivity contribution < 1.29 is 18.3 Å². The Morgan fingerprint density at radius 2 is 1.95 bits per heavy atom. The van der Waals surface area contributed by atoms with E-state index < -0.39 is 26.6 Å². The number of carboxylic acids is 1. The zero-order chi connectivity index (χ0) is 14.8. The maximum atomic E-state index is 12.0. The standard InChI is InChI=1S/C11H13Cl2NO4S/c1-6(2)5-14-19(17,18)8-4-3-7(12)9(10(8)13)11(15)16/h3-4,6,14H,5H2,1-2H3,(H,15,16). The second-order valence-corrected chi connectivity index (χ2v) is 6.81. The predicted octanol–water partition coefficient (Wildman–Crippen LogP) is 2.63. The predicted molar refractivity (Wildman–Crippen MR) is 73.4 cm³/mol. The maximum Gasteiger partial charge on any atom is 0.338 e. The molecule has 1 rings (SSSR count). The van der Waals surface area contributed by atoms with E-state index in [1.165, 1.54) is 12.1 Å². The first kappa shape index (κ1) is 16.2. The van der Waals surface area contributed by atoms with Crippen LogP contribution in [0.5, 0.6) is 0 Å². The summed E-state index contributed by atoms with van der Waals surface area (Å²) in [6, 6.07) is 2.38. The minimum Gasteiger partial charge on any atom is -0.478 e. The molecular weight excluding hydrogens is 313 g/mol. The summed E-state index contributed by atoms with van der Waals surface area (Å²) in [6.45, 7) is 3.91. The van der Waals surface area contributed by atoms with Gasteiger partial charge in [-0.1, -0.05) is 37.0 Å². The number of nitrogens with one attached hydrogen (secondary N) is 1. The van der Waals surface area contributed by atoms with Gasteiger partial charge in [0.1, 0.15) is 4.90 Å². The molecule has 0 unspecified atom stereocenters. The fraction of sp³-hybridized carbons (Fsp3) is 0.364. The summed E-state index contributed by atoms with van der Waals surface area (Å²) in [5.41, 5.74) is -0.421. The van der Waals surface area contributed by atoms with Gasteiger partial charge >= 0.3 is 5.97 Å². The van der Waals surface area contributed by atoms with Crippen LogP contribution in [0.4, 0.5) is 0 Å². The summed E-state index contributed by atoms with van der Waals surface area (Å²) >= 11 is 11.5. The van der Waals surface area contributed by atoms with Gasteiger partial charge in [-0.05, 0) is 18.1 Å². The van der Waals surface area contributed by atoms with Crippen LogP contribution in [0.2, 0.25) is 10.0 Å². The highest BCUT2D eigenvalue weighted by atomic mass is 35.5. The molecule has 19 heavy (non-hydrogen) atoms. The third-order valence-corrected chi connectivity index (χ3v) is 4.53. The van der Waals surface area contributed by atoms with E-state index >= 15 is 0 Å². The molecule has 0 aliphatic rings. The van der Waals surface area contributed by atoms with Crippen LogP contribution in [0.15, 0.2) is 17.0 Å². The molecule has 0 aliphatic heterocycles. The van der Waals surface area contributed by atoms with E-state index in [0.717, 1.165) is 0 Å². The summed E-state index contributed by atoms with van der Waals surface area (Å²) in [4.78, 5) is 10.7. The van der Waals surface area contributed by atoms with Gasteiger partial charge in [-0.2, -0.15) is 0 Å². The van der Waals surface area contributed by atoms with Crippen LogP contribution in [0.1, 0.15) is 24.2 Å². The highest BCUT2D eigenvalue weighted by molar-refractivity contribution is 7.89. The number of rotatable bonds is 5. The molecule has 0 heterocycles. The van der Waals surface area contributed by atoms with E-state index in [4.69, 9.17) is 28.3 Å². The molecule has 0 aliphatic carbocycles. The number of benzene rings is 1. The lowest BCUT2D eigenvalue weighted by molar-refractivity contribution is 0.0697. The second kappa shape index (κ2) is 6.09. The van der Waals surface area contributed by atoms with Gasteiger partial charge in [0, 0.05) is 6.54 Å². The SMILES string of the molecule is CC(C)CNS(=O)(=O)c1ccc(Cl)c(C(=O)O)c1Cl. The van der Waals surface area contributed by atoms with Crippen LogP contribution in [0.25, 0.3) is 0 Å². The molecule has 1 aromatic carbocycles. The van der Waals surface area contributed by atoms with Crippen molar-refractivity contribution in [3.05, 3.63) is 27.7 Å². The Morgan fingerprint density at radius 1 is 1.37 bits per heavy atom. The molecule has 0 amide bonds. The first-order valence-corrected chi connectivity index (χ1v) is 7.61. The molecule has 0 bridgehead atoms. The van der Waals surface area contributed by atoms with E-state index in [1.54, 1.807) is 0 Å². The molecule has 0 saturated heterocycles. The lowest BCUT2D eigenvalue weighted by Crippen LogP contribution is -2.28. The highest BCUT2D eigenvalue weighted by Gasteiger charge is 2.24. The lowest BCUT2D eigenvalue weighted by Gasteiger charge is -2.12. The van der Waals surface area contributed by atoms with E-state index in [9.17, 15) is 13.2 Å². The molecule has 0 fully saturated rings. The molecule has 2 N–H and O–H groups in total. The Bertz CT molecular complexity index is 599. The number of halogens is 2.